The van der Waals surface area contributed by atoms with Crippen molar-refractivity contribution in [1.29, 1.82) is 0 Å². The number of rotatable bonds is 4. The standard InChI is InChI=1S/C11H19NO2/c1-11(2,3)12-8-9(13)7-10-5-4-6-14-10/h4-6,9,12-13H,7-8H2,1-3H3. The second kappa shape index (κ2) is 4.62. The monoisotopic (exact) mass is 197 g/mol. The second-order valence-electron chi connectivity index (χ2n) is 4.57. The highest BCUT2D eigenvalue weighted by atomic mass is 16.3. The maximum Gasteiger partial charge on any atom is 0.106 e. The average molecular weight is 197 g/mol. The Morgan fingerprint density at radius 2 is 2.21 bits per heavy atom. The molecule has 0 aliphatic carbocycles. The molecule has 0 bridgehead atoms. The molecule has 1 aromatic rings. The zero-order valence-corrected chi connectivity index (χ0v) is 9.08. The zero-order chi connectivity index (χ0) is 10.6. The van der Waals surface area contributed by atoms with Gasteiger partial charge in [0.2, 0.25) is 0 Å². The first-order chi connectivity index (χ1) is 6.47. The Kier molecular flexibility index (Phi) is 3.72. The van der Waals surface area contributed by atoms with Gasteiger partial charge in [0, 0.05) is 18.5 Å². The Morgan fingerprint density at radius 3 is 2.71 bits per heavy atom. The predicted octanol–water partition coefficient (Wildman–Crippen LogP) is 1.57. The lowest BCUT2D eigenvalue weighted by Crippen LogP contribution is -2.41. The number of β-amino-alcohol motifs (C(OH)–C–C–N with tert-alkyl or cyclic N) is 1. The van der Waals surface area contributed by atoms with Gasteiger partial charge in [-0.25, -0.2) is 0 Å². The van der Waals surface area contributed by atoms with E-state index in [1.165, 1.54) is 0 Å². The van der Waals surface area contributed by atoms with Crippen LogP contribution >= 0.6 is 0 Å². The molecule has 1 unspecified atom stereocenters. The van der Waals surface area contributed by atoms with E-state index in [1.54, 1.807) is 6.26 Å². The molecule has 0 fully saturated rings. The molecule has 1 heterocycles. The lowest BCUT2D eigenvalue weighted by atomic mass is 10.1. The van der Waals surface area contributed by atoms with Gasteiger partial charge in [0.05, 0.1) is 12.4 Å². The fourth-order valence-corrected chi connectivity index (χ4v) is 1.16. The largest absolute Gasteiger partial charge is 0.469 e. The molecule has 0 radical (unpaired) electrons. The van der Waals surface area contributed by atoms with Crippen LogP contribution in [0.2, 0.25) is 0 Å². The van der Waals surface area contributed by atoms with E-state index in [-0.39, 0.29) is 11.6 Å². The molecular formula is C11H19NO2. The first-order valence-corrected chi connectivity index (χ1v) is 4.93. The van der Waals surface area contributed by atoms with E-state index < -0.39 is 0 Å². The summed E-state index contributed by atoms with van der Waals surface area (Å²) < 4.78 is 5.15. The van der Waals surface area contributed by atoms with Gasteiger partial charge in [0.25, 0.3) is 0 Å². The predicted molar refractivity (Wildman–Crippen MR) is 56.2 cm³/mol. The molecule has 0 saturated heterocycles. The summed E-state index contributed by atoms with van der Waals surface area (Å²) in [5, 5.41) is 12.9. The fraction of sp³-hybridized carbons (Fsp3) is 0.636. The highest BCUT2D eigenvalue weighted by molar-refractivity contribution is 4.99. The van der Waals surface area contributed by atoms with Crippen LogP contribution in [0.5, 0.6) is 0 Å². The summed E-state index contributed by atoms with van der Waals surface area (Å²) in [4.78, 5) is 0. The van der Waals surface area contributed by atoms with Crippen molar-refractivity contribution in [3.8, 4) is 0 Å². The Morgan fingerprint density at radius 1 is 1.50 bits per heavy atom. The molecule has 0 saturated carbocycles. The molecule has 3 heteroatoms. The van der Waals surface area contributed by atoms with Gasteiger partial charge >= 0.3 is 0 Å². The van der Waals surface area contributed by atoms with Gasteiger partial charge in [0.15, 0.2) is 0 Å². The van der Waals surface area contributed by atoms with Crippen LogP contribution in [0.25, 0.3) is 0 Å². The average Bonchev–Trinajstić information content (AvgIpc) is 2.52. The van der Waals surface area contributed by atoms with E-state index in [9.17, 15) is 5.11 Å². The molecule has 2 N–H and O–H groups in total. The Hall–Kier alpha value is -0.800. The van der Waals surface area contributed by atoms with Gasteiger partial charge in [-0.1, -0.05) is 0 Å². The third-order valence-electron chi connectivity index (χ3n) is 1.88. The third-order valence-corrected chi connectivity index (χ3v) is 1.88. The molecule has 0 spiro atoms. The number of hydrogen-bond donors (Lipinski definition) is 2. The molecule has 14 heavy (non-hydrogen) atoms. The summed E-state index contributed by atoms with van der Waals surface area (Å²) in [6.45, 7) is 6.82. The molecule has 1 atom stereocenters. The summed E-state index contributed by atoms with van der Waals surface area (Å²) >= 11 is 0. The summed E-state index contributed by atoms with van der Waals surface area (Å²) in [6.07, 6.45) is 1.80. The normalized spacial score (nSPS) is 14.3. The number of aliphatic hydroxyl groups is 1. The van der Waals surface area contributed by atoms with Gasteiger partial charge in [-0.05, 0) is 32.9 Å². The van der Waals surface area contributed by atoms with Crippen molar-refractivity contribution in [3.05, 3.63) is 24.2 Å². The summed E-state index contributed by atoms with van der Waals surface area (Å²) in [5.74, 6) is 0.827. The van der Waals surface area contributed by atoms with Crippen molar-refractivity contribution in [3.63, 3.8) is 0 Å². The van der Waals surface area contributed by atoms with E-state index in [2.05, 4.69) is 26.1 Å². The zero-order valence-electron chi connectivity index (χ0n) is 9.08. The van der Waals surface area contributed by atoms with E-state index in [0.29, 0.717) is 13.0 Å². The van der Waals surface area contributed by atoms with Crippen LogP contribution in [0.1, 0.15) is 26.5 Å². The van der Waals surface area contributed by atoms with Crippen LogP contribution in [-0.2, 0) is 6.42 Å². The molecule has 0 amide bonds. The number of furan rings is 1. The highest BCUT2D eigenvalue weighted by Gasteiger charge is 2.13. The van der Waals surface area contributed by atoms with Crippen molar-refractivity contribution in [2.24, 2.45) is 0 Å². The first kappa shape index (κ1) is 11.3. The minimum absolute atomic E-state index is 0.0458. The van der Waals surface area contributed by atoms with Crippen LogP contribution in [-0.4, -0.2) is 23.3 Å². The molecule has 80 valence electrons. The molecule has 0 aliphatic heterocycles. The second-order valence-corrected chi connectivity index (χ2v) is 4.57. The van der Waals surface area contributed by atoms with Crippen LogP contribution < -0.4 is 5.32 Å². The maximum atomic E-state index is 9.66. The lowest BCUT2D eigenvalue weighted by molar-refractivity contribution is 0.154. The molecule has 0 aliphatic rings. The van der Waals surface area contributed by atoms with Gasteiger partial charge < -0.3 is 14.8 Å². The van der Waals surface area contributed by atoms with E-state index >= 15 is 0 Å². The van der Waals surface area contributed by atoms with E-state index in [1.807, 2.05) is 12.1 Å². The van der Waals surface area contributed by atoms with Crippen molar-refractivity contribution in [2.75, 3.05) is 6.54 Å². The Labute approximate surface area is 85.1 Å². The fourth-order valence-electron chi connectivity index (χ4n) is 1.16. The number of aliphatic hydroxyl groups excluding tert-OH is 1. The van der Waals surface area contributed by atoms with Crippen LogP contribution in [0.4, 0.5) is 0 Å². The van der Waals surface area contributed by atoms with Gasteiger partial charge in [-0.2, -0.15) is 0 Å². The summed E-state index contributed by atoms with van der Waals surface area (Å²) in [6, 6.07) is 3.71. The third kappa shape index (κ3) is 4.44. The van der Waals surface area contributed by atoms with Crippen molar-refractivity contribution in [1.82, 2.24) is 5.32 Å². The highest BCUT2D eigenvalue weighted by Crippen LogP contribution is 2.05. The van der Waals surface area contributed by atoms with E-state index in [4.69, 9.17) is 4.42 Å². The minimum Gasteiger partial charge on any atom is -0.469 e. The van der Waals surface area contributed by atoms with Gasteiger partial charge in [-0.3, -0.25) is 0 Å². The Balaban J connectivity index is 2.26. The molecule has 1 rings (SSSR count). The van der Waals surface area contributed by atoms with Crippen LogP contribution in [0.3, 0.4) is 0 Å². The number of nitrogens with one attached hydrogen (secondary N) is 1. The van der Waals surface area contributed by atoms with Gasteiger partial charge in [0.1, 0.15) is 5.76 Å². The van der Waals surface area contributed by atoms with Crippen molar-refractivity contribution < 1.29 is 9.52 Å². The van der Waals surface area contributed by atoms with Crippen molar-refractivity contribution >= 4 is 0 Å². The summed E-state index contributed by atoms with van der Waals surface area (Å²) in [5.41, 5.74) is 0.0458. The van der Waals surface area contributed by atoms with Crippen LogP contribution in [0.15, 0.2) is 22.8 Å². The van der Waals surface area contributed by atoms with Gasteiger partial charge in [-0.15, -0.1) is 0 Å². The molecule has 3 nitrogen and oxygen atoms in total. The van der Waals surface area contributed by atoms with Crippen molar-refractivity contribution in [2.45, 2.75) is 38.8 Å². The maximum absolute atomic E-state index is 9.66. The topological polar surface area (TPSA) is 45.4 Å². The molecule has 0 aromatic carbocycles. The quantitative estimate of drug-likeness (QED) is 0.770. The molecular weight excluding hydrogens is 178 g/mol. The first-order valence-electron chi connectivity index (χ1n) is 4.93. The summed E-state index contributed by atoms with van der Waals surface area (Å²) in [7, 11) is 0. The molecule has 1 aromatic heterocycles. The SMILES string of the molecule is CC(C)(C)NCC(O)Cc1ccco1. The minimum atomic E-state index is -0.389. The number of hydrogen-bond acceptors (Lipinski definition) is 3. The smallest absolute Gasteiger partial charge is 0.106 e. The Bertz CT molecular complexity index is 249. The van der Waals surface area contributed by atoms with Crippen LogP contribution in [0, 0.1) is 0 Å². The van der Waals surface area contributed by atoms with E-state index in [0.717, 1.165) is 5.76 Å². The lowest BCUT2D eigenvalue weighted by Gasteiger charge is -2.22.